The second-order valence-electron chi connectivity index (χ2n) is 4.07. The number of amides is 1. The van der Waals surface area contributed by atoms with E-state index in [9.17, 15) is 13.6 Å². The fraction of sp³-hybridized carbons (Fsp3) is 0.462. The van der Waals surface area contributed by atoms with E-state index in [4.69, 9.17) is 14.6 Å². The number of rotatable bonds is 7. The number of halogens is 2. The number of benzene rings is 1. The molecule has 0 bridgehead atoms. The van der Waals surface area contributed by atoms with Crippen LogP contribution >= 0.6 is 0 Å². The molecule has 0 saturated heterocycles. The number of aliphatic hydroxyl groups excluding tert-OH is 1. The molecule has 0 heterocycles. The molecule has 112 valence electrons. The maximum atomic E-state index is 12.1. The summed E-state index contributed by atoms with van der Waals surface area (Å²) in [6, 6.07) is 4.95. The first-order chi connectivity index (χ1) is 9.47. The van der Waals surface area contributed by atoms with Crippen LogP contribution in [0, 0.1) is 0 Å². The first-order valence-corrected chi connectivity index (χ1v) is 5.91. The van der Waals surface area contributed by atoms with E-state index in [0.29, 0.717) is 17.1 Å². The Morgan fingerprint density at radius 2 is 1.95 bits per heavy atom. The molecule has 0 aliphatic heterocycles. The van der Waals surface area contributed by atoms with Gasteiger partial charge in [0.15, 0.2) is 11.5 Å². The molecule has 20 heavy (non-hydrogen) atoms. The first-order valence-electron chi connectivity index (χ1n) is 5.91. The van der Waals surface area contributed by atoms with E-state index >= 15 is 0 Å². The van der Waals surface area contributed by atoms with Gasteiger partial charge in [-0.2, -0.15) is 0 Å². The quantitative estimate of drug-likeness (QED) is 0.785. The van der Waals surface area contributed by atoms with Gasteiger partial charge in [0.25, 0.3) is 6.43 Å². The number of carbonyl (C=O) groups is 1. The number of hydrogen-bond acceptors (Lipinski definition) is 4. The zero-order valence-electron chi connectivity index (χ0n) is 11.2. The van der Waals surface area contributed by atoms with Gasteiger partial charge in [0.05, 0.1) is 20.6 Å². The molecule has 0 aliphatic carbocycles. The summed E-state index contributed by atoms with van der Waals surface area (Å²) in [6.45, 7) is -0.482. The van der Waals surface area contributed by atoms with Crippen LogP contribution in [0.5, 0.6) is 11.5 Å². The van der Waals surface area contributed by atoms with Crippen molar-refractivity contribution in [2.75, 3.05) is 20.8 Å². The molecule has 2 N–H and O–H groups in total. The molecule has 1 amide bonds. The SMILES string of the molecule is COc1ccc(CC(=O)NCC(O)C(F)F)cc1OC. The number of alkyl halides is 2. The average Bonchev–Trinajstić information content (AvgIpc) is 2.44. The second-order valence-corrected chi connectivity index (χ2v) is 4.07. The molecular formula is C13H17F2NO4. The van der Waals surface area contributed by atoms with Crippen molar-refractivity contribution in [3.05, 3.63) is 23.8 Å². The molecule has 0 aliphatic rings. The Bertz CT molecular complexity index is 454. The zero-order chi connectivity index (χ0) is 15.1. The topological polar surface area (TPSA) is 67.8 Å². The van der Waals surface area contributed by atoms with Crippen molar-refractivity contribution in [1.29, 1.82) is 0 Å². The number of methoxy groups -OCH3 is 2. The summed E-state index contributed by atoms with van der Waals surface area (Å²) >= 11 is 0. The predicted molar refractivity (Wildman–Crippen MR) is 68.3 cm³/mol. The van der Waals surface area contributed by atoms with Crippen molar-refractivity contribution in [3.63, 3.8) is 0 Å². The molecule has 0 aromatic heterocycles. The molecule has 1 unspecified atom stereocenters. The Hall–Kier alpha value is -1.89. The molecule has 0 radical (unpaired) electrons. The minimum atomic E-state index is -2.88. The van der Waals surface area contributed by atoms with E-state index in [2.05, 4.69) is 5.32 Å². The average molecular weight is 289 g/mol. The van der Waals surface area contributed by atoms with Crippen molar-refractivity contribution in [2.24, 2.45) is 0 Å². The van der Waals surface area contributed by atoms with Crippen LogP contribution in [-0.4, -0.2) is 44.3 Å². The molecule has 0 fully saturated rings. The van der Waals surface area contributed by atoms with E-state index in [0.717, 1.165) is 0 Å². The van der Waals surface area contributed by atoms with Crippen molar-refractivity contribution in [2.45, 2.75) is 19.0 Å². The highest BCUT2D eigenvalue weighted by Gasteiger charge is 2.17. The first kappa shape index (κ1) is 16.2. The number of nitrogens with one attached hydrogen (secondary N) is 1. The van der Waals surface area contributed by atoms with E-state index in [1.165, 1.54) is 14.2 Å². The highest BCUT2D eigenvalue weighted by Crippen LogP contribution is 2.27. The van der Waals surface area contributed by atoms with Crippen LogP contribution in [0.25, 0.3) is 0 Å². The Morgan fingerprint density at radius 1 is 1.30 bits per heavy atom. The van der Waals surface area contributed by atoms with Crippen molar-refractivity contribution in [3.8, 4) is 11.5 Å². The van der Waals surface area contributed by atoms with Crippen molar-refractivity contribution in [1.82, 2.24) is 5.32 Å². The maximum absolute atomic E-state index is 12.1. The molecule has 0 saturated carbocycles. The predicted octanol–water partition coefficient (Wildman–Crippen LogP) is 0.988. The van der Waals surface area contributed by atoms with Gasteiger partial charge >= 0.3 is 0 Å². The largest absolute Gasteiger partial charge is 0.493 e. The van der Waals surface area contributed by atoms with Crippen molar-refractivity contribution < 1.29 is 28.2 Å². The number of carbonyl (C=O) groups excluding carboxylic acids is 1. The van der Waals surface area contributed by atoms with Gasteiger partial charge in [0.2, 0.25) is 5.91 Å². The number of ether oxygens (including phenoxy) is 2. The Balaban J connectivity index is 2.58. The molecule has 1 rings (SSSR count). The maximum Gasteiger partial charge on any atom is 0.265 e. The lowest BCUT2D eigenvalue weighted by Crippen LogP contribution is -2.36. The van der Waals surface area contributed by atoms with Gasteiger partial charge in [-0.15, -0.1) is 0 Å². The van der Waals surface area contributed by atoms with Crippen molar-refractivity contribution >= 4 is 5.91 Å². The Kier molecular flexibility index (Phi) is 6.17. The van der Waals surface area contributed by atoms with Gasteiger partial charge in [-0.25, -0.2) is 8.78 Å². The molecule has 1 aromatic rings. The Morgan fingerprint density at radius 3 is 2.50 bits per heavy atom. The van der Waals surface area contributed by atoms with E-state index in [1.54, 1.807) is 18.2 Å². The van der Waals surface area contributed by atoms with Gasteiger partial charge in [0, 0.05) is 6.54 Å². The van der Waals surface area contributed by atoms with Crippen LogP contribution < -0.4 is 14.8 Å². The molecule has 1 aromatic carbocycles. The van der Waals surface area contributed by atoms with Crippen LogP contribution in [0.4, 0.5) is 8.78 Å². The minimum Gasteiger partial charge on any atom is -0.493 e. The third-order valence-electron chi connectivity index (χ3n) is 2.61. The van der Waals surface area contributed by atoms with Gasteiger partial charge < -0.3 is 19.9 Å². The molecule has 1 atom stereocenters. The van der Waals surface area contributed by atoms with Gasteiger partial charge in [-0.3, -0.25) is 4.79 Å². The number of aliphatic hydroxyl groups is 1. The van der Waals surface area contributed by atoms with E-state index in [1.807, 2.05) is 0 Å². The molecular weight excluding hydrogens is 272 g/mol. The van der Waals surface area contributed by atoms with Gasteiger partial charge in [0.1, 0.15) is 6.10 Å². The fourth-order valence-electron chi connectivity index (χ4n) is 1.55. The molecule has 7 heteroatoms. The number of hydrogen-bond donors (Lipinski definition) is 2. The lowest BCUT2D eigenvalue weighted by Gasteiger charge is -2.12. The second kappa shape index (κ2) is 7.64. The van der Waals surface area contributed by atoms with Crippen LogP contribution in [0.2, 0.25) is 0 Å². The smallest absolute Gasteiger partial charge is 0.265 e. The third-order valence-corrected chi connectivity index (χ3v) is 2.61. The summed E-state index contributed by atoms with van der Waals surface area (Å²) in [5, 5.41) is 11.1. The zero-order valence-corrected chi connectivity index (χ0v) is 11.2. The standard InChI is InChI=1S/C13H17F2NO4/c1-19-10-4-3-8(5-11(10)20-2)6-12(18)16-7-9(17)13(14)15/h3-5,9,13,17H,6-7H2,1-2H3,(H,16,18). The van der Waals surface area contributed by atoms with Crippen LogP contribution in [0.3, 0.4) is 0 Å². The summed E-state index contributed by atoms with van der Waals surface area (Å²) in [6.07, 6.45) is -4.74. The summed E-state index contributed by atoms with van der Waals surface area (Å²) in [7, 11) is 2.97. The van der Waals surface area contributed by atoms with Crippen LogP contribution in [0.1, 0.15) is 5.56 Å². The fourth-order valence-corrected chi connectivity index (χ4v) is 1.55. The summed E-state index contributed by atoms with van der Waals surface area (Å²) < 4.78 is 34.3. The van der Waals surface area contributed by atoms with E-state index in [-0.39, 0.29) is 6.42 Å². The third kappa shape index (κ3) is 4.65. The summed E-state index contributed by atoms with van der Waals surface area (Å²) in [5.41, 5.74) is 0.645. The van der Waals surface area contributed by atoms with Gasteiger partial charge in [-0.05, 0) is 17.7 Å². The molecule has 0 spiro atoms. The highest BCUT2D eigenvalue weighted by molar-refractivity contribution is 5.78. The summed E-state index contributed by atoms with van der Waals surface area (Å²) in [4.78, 5) is 11.6. The molecule has 5 nitrogen and oxygen atoms in total. The Labute approximate surface area is 115 Å². The normalized spacial score (nSPS) is 12.1. The lowest BCUT2D eigenvalue weighted by atomic mass is 10.1. The lowest BCUT2D eigenvalue weighted by molar-refractivity contribution is -0.121. The van der Waals surface area contributed by atoms with Gasteiger partial charge in [-0.1, -0.05) is 6.07 Å². The van der Waals surface area contributed by atoms with E-state index < -0.39 is 25.0 Å². The van der Waals surface area contributed by atoms with Crippen LogP contribution in [-0.2, 0) is 11.2 Å². The minimum absolute atomic E-state index is 0.00366. The summed E-state index contributed by atoms with van der Waals surface area (Å²) in [5.74, 6) is 0.548. The van der Waals surface area contributed by atoms with Crippen LogP contribution in [0.15, 0.2) is 18.2 Å². The monoisotopic (exact) mass is 289 g/mol. The highest BCUT2D eigenvalue weighted by atomic mass is 19.3.